The van der Waals surface area contributed by atoms with Crippen molar-refractivity contribution < 1.29 is 48.9 Å². The van der Waals surface area contributed by atoms with Crippen molar-refractivity contribution in [2.45, 2.75) is 75.7 Å². The summed E-state index contributed by atoms with van der Waals surface area (Å²) < 4.78 is 0. The molecule has 0 heterocycles. The summed E-state index contributed by atoms with van der Waals surface area (Å²) in [5.41, 5.74) is 5.64. The Kier molecular flexibility index (Phi) is 14.6. The van der Waals surface area contributed by atoms with Gasteiger partial charge in [-0.25, -0.2) is 0 Å². The number of aliphatic hydroxyl groups excluding tert-OH is 1. The van der Waals surface area contributed by atoms with Crippen molar-refractivity contribution in [3.63, 3.8) is 0 Å². The number of amides is 3. The molecule has 0 fully saturated rings. The lowest BCUT2D eigenvalue weighted by atomic mass is 10.1. The number of aliphatic hydroxyl groups is 1. The van der Waals surface area contributed by atoms with Gasteiger partial charge in [-0.1, -0.05) is 0 Å². The second-order valence-corrected chi connectivity index (χ2v) is 7.11. The third-order valence-electron chi connectivity index (χ3n) is 4.36. The Labute approximate surface area is 189 Å². The Bertz CT molecular complexity index is 715. The normalized spacial score (nSPS) is 14.1. The smallest absolute Gasteiger partial charge is 0.303 e. The Hall–Kier alpha value is -3.39. The molecule has 0 aliphatic carbocycles. The summed E-state index contributed by atoms with van der Waals surface area (Å²) in [4.78, 5) is 79.9. The van der Waals surface area contributed by atoms with E-state index in [0.29, 0.717) is 12.6 Å². The molecule has 0 aromatic rings. The fourth-order valence-electron chi connectivity index (χ4n) is 2.57. The average molecular weight is 474 g/mol. The third kappa shape index (κ3) is 13.6. The van der Waals surface area contributed by atoms with Crippen LogP contribution in [0.25, 0.3) is 0 Å². The molecule has 0 radical (unpaired) electrons. The Morgan fingerprint density at radius 1 is 0.697 bits per heavy atom. The van der Waals surface area contributed by atoms with Crippen LogP contribution in [-0.2, 0) is 33.6 Å². The summed E-state index contributed by atoms with van der Waals surface area (Å²) in [7, 11) is 0. The molecular formula is C19H30N4O10. The first-order valence-corrected chi connectivity index (χ1v) is 10.2. The molecule has 0 saturated heterocycles. The second kappa shape index (κ2) is 16.3. The Morgan fingerprint density at radius 2 is 1.15 bits per heavy atom. The van der Waals surface area contributed by atoms with Crippen molar-refractivity contribution in [3.8, 4) is 0 Å². The summed E-state index contributed by atoms with van der Waals surface area (Å²) in [6, 6.07) is -3.86. The standard InChI is InChI=1S/C19H30N4O10/c20-11(3-1-9-24)17(31)21-13(5-7-15(27)28)18(32)22-12(4-2-10-25)19(33)23-14(26)6-8-16(29)30/h9-14,26H,1-8,20H2,(H,21,31)(H,22,32)(H,23,33)(H,27,28)(H,29,30)/t11-,12-,13-,14?/m0/s1. The fourth-order valence-corrected chi connectivity index (χ4v) is 2.57. The Balaban J connectivity index is 5.30. The molecule has 14 nitrogen and oxygen atoms in total. The summed E-state index contributed by atoms with van der Waals surface area (Å²) in [5, 5.41) is 34.0. The molecule has 0 aliphatic heterocycles. The quantitative estimate of drug-likeness (QED) is 0.0802. The molecule has 8 N–H and O–H groups in total. The number of carboxylic acids is 2. The average Bonchev–Trinajstić information content (AvgIpc) is 2.75. The van der Waals surface area contributed by atoms with E-state index >= 15 is 0 Å². The highest BCUT2D eigenvalue weighted by atomic mass is 16.4. The number of hydrogen-bond acceptors (Lipinski definition) is 9. The van der Waals surface area contributed by atoms with Gasteiger partial charge >= 0.3 is 11.9 Å². The van der Waals surface area contributed by atoms with Gasteiger partial charge in [-0.2, -0.15) is 0 Å². The van der Waals surface area contributed by atoms with E-state index in [1.807, 2.05) is 0 Å². The lowest BCUT2D eigenvalue weighted by Crippen LogP contribution is -2.56. The zero-order valence-corrected chi connectivity index (χ0v) is 17.9. The molecular weight excluding hydrogens is 444 g/mol. The van der Waals surface area contributed by atoms with Crippen LogP contribution >= 0.6 is 0 Å². The molecule has 0 aliphatic rings. The van der Waals surface area contributed by atoms with Gasteiger partial charge in [-0.3, -0.25) is 24.0 Å². The lowest BCUT2D eigenvalue weighted by Gasteiger charge is -2.24. The number of aliphatic carboxylic acids is 2. The maximum Gasteiger partial charge on any atom is 0.303 e. The molecule has 4 atom stereocenters. The van der Waals surface area contributed by atoms with E-state index in [-0.39, 0.29) is 38.5 Å². The number of carbonyl (C=O) groups excluding carboxylic acids is 5. The van der Waals surface area contributed by atoms with Gasteiger partial charge in [-0.15, -0.1) is 0 Å². The van der Waals surface area contributed by atoms with Crippen LogP contribution in [0.4, 0.5) is 0 Å². The molecule has 0 spiro atoms. The third-order valence-corrected chi connectivity index (χ3v) is 4.36. The first-order valence-electron chi connectivity index (χ1n) is 10.2. The molecule has 0 saturated carbocycles. The number of aldehydes is 2. The zero-order chi connectivity index (χ0) is 25.4. The van der Waals surface area contributed by atoms with E-state index in [1.165, 1.54) is 0 Å². The number of rotatable bonds is 18. The fraction of sp³-hybridized carbons (Fsp3) is 0.632. The highest BCUT2D eigenvalue weighted by molar-refractivity contribution is 5.93. The van der Waals surface area contributed by atoms with Crippen LogP contribution in [0.1, 0.15) is 51.4 Å². The number of nitrogens with one attached hydrogen (secondary N) is 3. The van der Waals surface area contributed by atoms with Gasteiger partial charge in [0.25, 0.3) is 0 Å². The molecule has 33 heavy (non-hydrogen) atoms. The summed E-state index contributed by atoms with van der Waals surface area (Å²) in [6.45, 7) is 0. The van der Waals surface area contributed by atoms with E-state index < -0.39 is 66.9 Å². The molecule has 0 bridgehead atoms. The van der Waals surface area contributed by atoms with Crippen LogP contribution in [0.15, 0.2) is 0 Å². The molecule has 0 rings (SSSR count). The van der Waals surface area contributed by atoms with E-state index in [9.17, 15) is 38.7 Å². The summed E-state index contributed by atoms with van der Waals surface area (Å²) in [6.07, 6.45) is -2.37. The van der Waals surface area contributed by atoms with Gasteiger partial charge < -0.3 is 46.6 Å². The number of carboxylic acid groups (broad SMARTS) is 2. The molecule has 0 aromatic heterocycles. The maximum atomic E-state index is 12.7. The van der Waals surface area contributed by atoms with Crippen LogP contribution in [-0.4, -0.2) is 81.9 Å². The van der Waals surface area contributed by atoms with Crippen LogP contribution in [0.2, 0.25) is 0 Å². The highest BCUT2D eigenvalue weighted by Crippen LogP contribution is 2.05. The monoisotopic (exact) mass is 474 g/mol. The maximum absolute atomic E-state index is 12.7. The second-order valence-electron chi connectivity index (χ2n) is 7.11. The van der Waals surface area contributed by atoms with Gasteiger partial charge in [0.15, 0.2) is 0 Å². The number of hydrogen-bond donors (Lipinski definition) is 7. The molecule has 0 aromatic carbocycles. The molecule has 186 valence electrons. The van der Waals surface area contributed by atoms with Crippen LogP contribution in [0.5, 0.6) is 0 Å². The Morgan fingerprint density at radius 3 is 1.70 bits per heavy atom. The van der Waals surface area contributed by atoms with Crippen LogP contribution in [0.3, 0.4) is 0 Å². The van der Waals surface area contributed by atoms with Crippen molar-refractivity contribution in [2.24, 2.45) is 5.73 Å². The van der Waals surface area contributed by atoms with Crippen LogP contribution < -0.4 is 21.7 Å². The van der Waals surface area contributed by atoms with Crippen LogP contribution in [0, 0.1) is 0 Å². The highest BCUT2D eigenvalue weighted by Gasteiger charge is 2.29. The van der Waals surface area contributed by atoms with Gasteiger partial charge in [0.05, 0.1) is 6.04 Å². The summed E-state index contributed by atoms with van der Waals surface area (Å²) in [5.74, 6) is -5.09. The minimum absolute atomic E-state index is 0.00119. The van der Waals surface area contributed by atoms with Crippen molar-refractivity contribution in [2.75, 3.05) is 0 Å². The van der Waals surface area contributed by atoms with Gasteiger partial charge in [0, 0.05) is 32.1 Å². The molecule has 14 heteroatoms. The predicted octanol–water partition coefficient (Wildman–Crippen LogP) is -2.59. The summed E-state index contributed by atoms with van der Waals surface area (Å²) >= 11 is 0. The lowest BCUT2D eigenvalue weighted by molar-refractivity contribution is -0.138. The topological polar surface area (TPSA) is 242 Å². The first kappa shape index (κ1) is 29.6. The molecule has 3 amide bonds. The van der Waals surface area contributed by atoms with Gasteiger partial charge in [-0.05, 0) is 19.3 Å². The van der Waals surface area contributed by atoms with E-state index in [2.05, 4.69) is 16.0 Å². The van der Waals surface area contributed by atoms with E-state index in [4.69, 9.17) is 15.9 Å². The van der Waals surface area contributed by atoms with Crippen molar-refractivity contribution in [1.82, 2.24) is 16.0 Å². The number of nitrogens with two attached hydrogens (primary N) is 1. The van der Waals surface area contributed by atoms with Gasteiger partial charge in [0.1, 0.15) is 30.9 Å². The first-order chi connectivity index (χ1) is 15.5. The SMILES string of the molecule is N[C@@H](CCC=O)C(=O)N[C@@H](CCC(=O)O)C(=O)N[C@@H](CCC=O)C(=O)NC(O)CCC(=O)O. The number of carbonyl (C=O) groups is 7. The van der Waals surface area contributed by atoms with E-state index in [1.54, 1.807) is 0 Å². The van der Waals surface area contributed by atoms with E-state index in [0.717, 1.165) is 0 Å². The predicted molar refractivity (Wildman–Crippen MR) is 110 cm³/mol. The molecule has 1 unspecified atom stereocenters. The minimum Gasteiger partial charge on any atom is -0.481 e. The van der Waals surface area contributed by atoms with Crippen molar-refractivity contribution in [3.05, 3.63) is 0 Å². The minimum atomic E-state index is -1.53. The zero-order valence-electron chi connectivity index (χ0n) is 17.9. The van der Waals surface area contributed by atoms with Gasteiger partial charge in [0.2, 0.25) is 17.7 Å². The van der Waals surface area contributed by atoms with Crippen molar-refractivity contribution in [1.29, 1.82) is 0 Å². The largest absolute Gasteiger partial charge is 0.481 e. The van der Waals surface area contributed by atoms with Crippen molar-refractivity contribution >= 4 is 42.2 Å².